The van der Waals surface area contributed by atoms with Crippen molar-refractivity contribution in [2.75, 3.05) is 0 Å². The van der Waals surface area contributed by atoms with Gasteiger partial charge in [-0.05, 0) is 20.3 Å². The number of carboxylic acids is 1. The second kappa shape index (κ2) is 3.00. The maximum absolute atomic E-state index is 11.5. The fraction of sp³-hybridized carbons (Fsp3) is 0.889. The molecule has 4 saturated heterocycles. The summed E-state index contributed by atoms with van der Waals surface area (Å²) in [4.78, 5) is 11.5. The smallest absolute Gasteiger partial charge is 0.330 e. The summed E-state index contributed by atoms with van der Waals surface area (Å²) in [5.74, 6) is -0.625. The van der Waals surface area contributed by atoms with Crippen molar-refractivity contribution in [3.8, 4) is 0 Å². The molecule has 0 unspecified atom stereocenters. The van der Waals surface area contributed by atoms with Gasteiger partial charge in [0, 0.05) is 6.42 Å². The highest BCUT2D eigenvalue weighted by Crippen LogP contribution is 2.77. The van der Waals surface area contributed by atoms with Gasteiger partial charge in [-0.1, -0.05) is 0 Å². The van der Waals surface area contributed by atoms with Crippen LogP contribution in [-0.2, 0) is 4.79 Å². The van der Waals surface area contributed by atoms with Crippen molar-refractivity contribution < 1.29 is 9.90 Å². The molecule has 4 aliphatic rings. The number of hydrogen-bond donors (Lipinski definition) is 1. The maximum atomic E-state index is 11.5. The number of rotatable bonds is 1. The van der Waals surface area contributed by atoms with Gasteiger partial charge in [0.1, 0.15) is 0 Å². The molecule has 0 aromatic heterocycles. The van der Waals surface area contributed by atoms with E-state index < -0.39 is 10.0 Å². The zero-order valence-electron chi connectivity index (χ0n) is 8.48. The van der Waals surface area contributed by atoms with Crippen molar-refractivity contribution in [1.82, 2.24) is 0 Å². The first-order valence-corrected chi connectivity index (χ1v) is 8.24. The molecule has 0 saturated carbocycles. The minimum atomic E-state index is -0.625. The van der Waals surface area contributed by atoms with Gasteiger partial charge in [0.25, 0.3) is 0 Å². The minimum absolute atomic E-state index is 0.118. The van der Waals surface area contributed by atoms with Crippen molar-refractivity contribution in [2.24, 2.45) is 0 Å². The van der Waals surface area contributed by atoms with Crippen molar-refractivity contribution in [3.63, 3.8) is 0 Å². The highest BCUT2D eigenvalue weighted by molar-refractivity contribution is 8.38. The van der Waals surface area contributed by atoms with Gasteiger partial charge in [0.15, 0.2) is 4.08 Å². The summed E-state index contributed by atoms with van der Waals surface area (Å²) in [7, 11) is 0. The zero-order chi connectivity index (χ0) is 10.9. The molecule has 6 heteroatoms. The van der Waals surface area contributed by atoms with Gasteiger partial charge in [0.2, 0.25) is 0 Å². The number of aliphatic carboxylic acids is 1. The summed E-state index contributed by atoms with van der Waals surface area (Å²) in [6.07, 6.45) is 1.91. The van der Waals surface area contributed by atoms with E-state index in [9.17, 15) is 9.90 Å². The molecule has 0 aromatic carbocycles. The van der Waals surface area contributed by atoms with Gasteiger partial charge in [-0.3, -0.25) is 0 Å². The topological polar surface area (TPSA) is 37.3 Å². The first kappa shape index (κ1) is 11.0. The zero-order valence-corrected chi connectivity index (χ0v) is 11.7. The summed E-state index contributed by atoms with van der Waals surface area (Å²) >= 11 is 7.30. The Balaban J connectivity index is 2.05. The minimum Gasteiger partial charge on any atom is -0.480 e. The molecule has 1 N–H and O–H groups in total. The maximum Gasteiger partial charge on any atom is 0.330 e. The lowest BCUT2D eigenvalue weighted by atomic mass is 10.2. The Morgan fingerprint density at radius 2 is 2.00 bits per heavy atom. The predicted octanol–water partition coefficient (Wildman–Crippen LogP) is 3.28. The van der Waals surface area contributed by atoms with Gasteiger partial charge in [0.05, 0.1) is 12.7 Å². The van der Waals surface area contributed by atoms with E-state index in [1.165, 1.54) is 0 Å². The van der Waals surface area contributed by atoms with E-state index in [0.717, 1.165) is 12.8 Å². The number of carbonyl (C=O) groups is 1. The van der Waals surface area contributed by atoms with Gasteiger partial charge in [-0.2, -0.15) is 0 Å². The highest BCUT2D eigenvalue weighted by Gasteiger charge is 2.66. The third-order valence-electron chi connectivity index (χ3n) is 2.93. The molecule has 4 fully saturated rings. The molecular formula is C9H12O2S4. The quantitative estimate of drug-likeness (QED) is 0.794. The Labute approximate surface area is 106 Å². The average molecular weight is 280 g/mol. The monoisotopic (exact) mass is 280 g/mol. The van der Waals surface area contributed by atoms with E-state index in [-0.39, 0.29) is 8.16 Å². The van der Waals surface area contributed by atoms with Crippen LogP contribution in [0.3, 0.4) is 0 Å². The Bertz CT molecular complexity index is 327. The van der Waals surface area contributed by atoms with Crippen LogP contribution in [0.15, 0.2) is 0 Å². The van der Waals surface area contributed by atoms with E-state index in [1.54, 1.807) is 23.5 Å². The molecule has 84 valence electrons. The van der Waals surface area contributed by atoms with Crippen LogP contribution >= 0.6 is 47.0 Å². The van der Waals surface area contributed by atoms with E-state index in [0.29, 0.717) is 4.58 Å². The van der Waals surface area contributed by atoms with Crippen LogP contribution in [0, 0.1) is 0 Å². The van der Waals surface area contributed by atoms with Crippen molar-refractivity contribution in [1.29, 1.82) is 0 Å². The third-order valence-corrected chi connectivity index (χ3v) is 9.71. The lowest BCUT2D eigenvalue weighted by Crippen LogP contribution is -2.56. The lowest BCUT2D eigenvalue weighted by Gasteiger charge is -2.61. The molecule has 2 nitrogen and oxygen atoms in total. The van der Waals surface area contributed by atoms with Crippen LogP contribution in [0.1, 0.15) is 26.7 Å². The second-order valence-electron chi connectivity index (χ2n) is 4.58. The van der Waals surface area contributed by atoms with Crippen LogP contribution in [0.5, 0.6) is 0 Å². The standard InChI is InChI=1S/C9H12O2S4/c1-7-3-5-12-8(2,14-7)4-9(13-5,15-7)6(10)11/h5H,3-4H2,1-2H3,(H,10,11)/t5-,7+,8-,9-/m0/s1. The van der Waals surface area contributed by atoms with Crippen LogP contribution in [-0.4, -0.2) is 27.9 Å². The number of thioether (sulfide) groups is 4. The van der Waals surface area contributed by atoms with Gasteiger partial charge >= 0.3 is 5.97 Å². The summed E-state index contributed by atoms with van der Waals surface area (Å²) in [5.41, 5.74) is 0. The Morgan fingerprint density at radius 1 is 1.27 bits per heavy atom. The highest BCUT2D eigenvalue weighted by atomic mass is 32.3. The molecule has 0 aromatic rings. The molecule has 0 spiro atoms. The van der Waals surface area contributed by atoms with E-state index in [2.05, 4.69) is 13.8 Å². The van der Waals surface area contributed by atoms with Crippen LogP contribution < -0.4 is 0 Å². The molecule has 0 amide bonds. The van der Waals surface area contributed by atoms with E-state index >= 15 is 0 Å². The van der Waals surface area contributed by atoms with Crippen LogP contribution in [0.25, 0.3) is 0 Å². The molecule has 4 atom stereocenters. The lowest BCUT2D eigenvalue weighted by molar-refractivity contribution is -0.137. The van der Waals surface area contributed by atoms with E-state index in [4.69, 9.17) is 0 Å². The molecule has 0 aliphatic carbocycles. The SMILES string of the molecule is C[C@@]12C[C@]3(C(=O)O)S[C@@H](C[C@](C)(S1)S3)S2. The van der Waals surface area contributed by atoms with Gasteiger partial charge in [-0.25, -0.2) is 4.79 Å². The van der Waals surface area contributed by atoms with Crippen LogP contribution in [0.2, 0.25) is 0 Å². The Morgan fingerprint density at radius 3 is 2.53 bits per heavy atom. The van der Waals surface area contributed by atoms with Gasteiger partial charge in [-0.15, -0.1) is 47.0 Å². The molecular weight excluding hydrogens is 268 g/mol. The molecule has 4 heterocycles. The average Bonchev–Trinajstić information content (AvgIpc) is 1.95. The Hall–Kier alpha value is 0.870. The summed E-state index contributed by atoms with van der Waals surface area (Å²) in [6, 6.07) is 0. The van der Waals surface area contributed by atoms with Crippen molar-refractivity contribution in [3.05, 3.63) is 0 Å². The normalized spacial score (nSPS) is 57.1. The first-order chi connectivity index (χ1) is 6.85. The summed E-state index contributed by atoms with van der Waals surface area (Å²) in [6.45, 7) is 4.42. The van der Waals surface area contributed by atoms with Crippen molar-refractivity contribution in [2.45, 2.75) is 43.5 Å². The summed E-state index contributed by atoms with van der Waals surface area (Å²) < 4.78 is 0.148. The second-order valence-corrected chi connectivity index (χ2v) is 12.7. The fourth-order valence-electron chi connectivity index (χ4n) is 2.61. The number of carboxylic acid groups (broad SMARTS) is 1. The Kier molecular flexibility index (Phi) is 2.20. The molecule has 4 bridgehead atoms. The number of hydrogen-bond acceptors (Lipinski definition) is 5. The van der Waals surface area contributed by atoms with Crippen molar-refractivity contribution >= 4 is 53.0 Å². The predicted molar refractivity (Wildman–Crippen MR) is 70.6 cm³/mol. The molecule has 4 rings (SSSR count). The fourth-order valence-corrected chi connectivity index (χ4v) is 14.2. The first-order valence-electron chi connectivity index (χ1n) is 4.84. The molecule has 4 aliphatic heterocycles. The van der Waals surface area contributed by atoms with Crippen LogP contribution in [0.4, 0.5) is 0 Å². The van der Waals surface area contributed by atoms with Gasteiger partial charge < -0.3 is 5.11 Å². The molecule has 15 heavy (non-hydrogen) atoms. The van der Waals surface area contributed by atoms with E-state index in [1.807, 2.05) is 23.5 Å². The summed E-state index contributed by atoms with van der Waals surface area (Å²) in [5, 5.41) is 9.45. The third kappa shape index (κ3) is 1.55. The largest absolute Gasteiger partial charge is 0.480 e. The molecule has 0 radical (unpaired) electrons.